The van der Waals surface area contributed by atoms with E-state index in [1.165, 1.54) is 0 Å². The Kier molecular flexibility index (Phi) is 6.75. The minimum atomic E-state index is -0.202. The maximum atomic E-state index is 14.5. The number of carbonyl (C=O) groups excluding carboxylic acids is 2. The molecule has 0 bridgehead atoms. The van der Waals surface area contributed by atoms with Gasteiger partial charge in [0.05, 0.1) is 24.3 Å². The van der Waals surface area contributed by atoms with Crippen molar-refractivity contribution in [2.45, 2.75) is 13.8 Å². The van der Waals surface area contributed by atoms with Crippen molar-refractivity contribution in [3.8, 4) is 11.5 Å². The standard InChI is InChI=1S/C36H28O4/c1-3-39-30-21-19-25-20-22-31(40-4-2)34(36(38)29-18-10-14-24-12-6-8-16-27(24)29)32(25)33(30)35(37)28-17-9-13-23-11-5-7-15-26(23)28/h5-22H,3-4H2,1-2H3. The molecule has 0 radical (unpaired) electrons. The molecule has 0 aromatic heterocycles. The molecule has 6 rings (SSSR count). The summed E-state index contributed by atoms with van der Waals surface area (Å²) in [6.07, 6.45) is 0. The molecule has 196 valence electrons. The van der Waals surface area contributed by atoms with E-state index in [2.05, 4.69) is 0 Å². The van der Waals surface area contributed by atoms with Crippen LogP contribution >= 0.6 is 0 Å². The van der Waals surface area contributed by atoms with Crippen LogP contribution in [0.15, 0.2) is 109 Å². The topological polar surface area (TPSA) is 52.6 Å². The van der Waals surface area contributed by atoms with Gasteiger partial charge in [-0.25, -0.2) is 0 Å². The van der Waals surface area contributed by atoms with Crippen LogP contribution in [0.25, 0.3) is 32.3 Å². The van der Waals surface area contributed by atoms with Crippen LogP contribution < -0.4 is 9.47 Å². The smallest absolute Gasteiger partial charge is 0.198 e. The summed E-state index contributed by atoms with van der Waals surface area (Å²) in [4.78, 5) is 29.1. The molecule has 0 aliphatic rings. The summed E-state index contributed by atoms with van der Waals surface area (Å²) in [7, 11) is 0. The van der Waals surface area contributed by atoms with Crippen LogP contribution in [-0.4, -0.2) is 24.8 Å². The molecule has 6 aromatic carbocycles. The molecule has 0 aliphatic carbocycles. The van der Waals surface area contributed by atoms with E-state index < -0.39 is 0 Å². The Morgan fingerprint density at radius 3 is 1.38 bits per heavy atom. The predicted octanol–water partition coefficient (Wildman–Crippen LogP) is 8.41. The quantitative estimate of drug-likeness (QED) is 0.188. The minimum Gasteiger partial charge on any atom is -0.493 e. The summed E-state index contributed by atoms with van der Waals surface area (Å²) in [5.74, 6) is 0.472. The summed E-state index contributed by atoms with van der Waals surface area (Å²) in [6.45, 7) is 4.52. The van der Waals surface area contributed by atoms with Gasteiger partial charge in [0.25, 0.3) is 0 Å². The highest BCUT2D eigenvalue weighted by Gasteiger charge is 2.27. The van der Waals surface area contributed by atoms with Crippen LogP contribution in [0.2, 0.25) is 0 Å². The second-order valence-electron chi connectivity index (χ2n) is 9.55. The van der Waals surface area contributed by atoms with Crippen molar-refractivity contribution in [1.29, 1.82) is 0 Å². The van der Waals surface area contributed by atoms with Gasteiger partial charge in [0.15, 0.2) is 11.6 Å². The molecule has 0 heterocycles. The van der Waals surface area contributed by atoms with Crippen LogP contribution in [0.5, 0.6) is 11.5 Å². The monoisotopic (exact) mass is 524 g/mol. The third kappa shape index (κ3) is 4.28. The van der Waals surface area contributed by atoms with Crippen molar-refractivity contribution in [2.75, 3.05) is 13.2 Å². The fourth-order valence-electron chi connectivity index (χ4n) is 5.50. The lowest BCUT2D eigenvalue weighted by molar-refractivity contribution is 0.103. The Balaban J connectivity index is 1.69. The Morgan fingerprint density at radius 2 is 0.925 bits per heavy atom. The highest BCUT2D eigenvalue weighted by atomic mass is 16.5. The molecule has 4 heteroatoms. The lowest BCUT2D eigenvalue weighted by atomic mass is 9.87. The van der Waals surface area contributed by atoms with E-state index >= 15 is 0 Å². The second-order valence-corrected chi connectivity index (χ2v) is 9.55. The van der Waals surface area contributed by atoms with Crippen molar-refractivity contribution >= 4 is 43.9 Å². The highest BCUT2D eigenvalue weighted by molar-refractivity contribution is 6.29. The molecule has 0 unspecified atom stereocenters. The van der Waals surface area contributed by atoms with E-state index in [1.807, 2.05) is 123 Å². The zero-order valence-corrected chi connectivity index (χ0v) is 22.4. The van der Waals surface area contributed by atoms with Crippen LogP contribution in [0, 0.1) is 0 Å². The van der Waals surface area contributed by atoms with Gasteiger partial charge < -0.3 is 9.47 Å². The molecular formula is C36H28O4. The van der Waals surface area contributed by atoms with Gasteiger partial charge in [-0.05, 0) is 52.9 Å². The predicted molar refractivity (Wildman–Crippen MR) is 161 cm³/mol. The van der Waals surface area contributed by atoms with Gasteiger partial charge >= 0.3 is 0 Å². The van der Waals surface area contributed by atoms with Crippen LogP contribution in [0.3, 0.4) is 0 Å². The number of hydrogen-bond acceptors (Lipinski definition) is 4. The summed E-state index contributed by atoms with van der Waals surface area (Å²) in [5.41, 5.74) is 1.83. The van der Waals surface area contributed by atoms with E-state index in [0.717, 1.165) is 26.9 Å². The SMILES string of the molecule is CCOc1ccc2ccc(OCC)c(C(=O)c3cccc4ccccc34)c2c1C(=O)c1cccc2ccccc12. The lowest BCUT2D eigenvalue weighted by Gasteiger charge is -2.19. The third-order valence-corrected chi connectivity index (χ3v) is 7.23. The Hall–Kier alpha value is -4.96. The van der Waals surface area contributed by atoms with Gasteiger partial charge in [0.2, 0.25) is 0 Å². The minimum absolute atomic E-state index is 0.202. The molecule has 4 nitrogen and oxygen atoms in total. The fraction of sp³-hybridized carbons (Fsp3) is 0.111. The van der Waals surface area contributed by atoms with Crippen molar-refractivity contribution in [3.05, 3.63) is 131 Å². The zero-order chi connectivity index (χ0) is 27.6. The fourth-order valence-corrected chi connectivity index (χ4v) is 5.50. The number of ether oxygens (including phenoxy) is 2. The van der Waals surface area contributed by atoms with Gasteiger partial charge in [0, 0.05) is 16.5 Å². The number of ketones is 2. The molecular weight excluding hydrogens is 496 g/mol. The maximum absolute atomic E-state index is 14.5. The first-order valence-electron chi connectivity index (χ1n) is 13.5. The molecule has 40 heavy (non-hydrogen) atoms. The number of rotatable bonds is 8. The van der Waals surface area contributed by atoms with E-state index in [4.69, 9.17) is 9.47 Å². The van der Waals surface area contributed by atoms with Crippen molar-refractivity contribution in [1.82, 2.24) is 0 Å². The summed E-state index contributed by atoms with van der Waals surface area (Å²) in [6, 6.07) is 34.5. The number of hydrogen-bond donors (Lipinski definition) is 0. The van der Waals surface area contributed by atoms with E-state index in [-0.39, 0.29) is 11.6 Å². The third-order valence-electron chi connectivity index (χ3n) is 7.23. The molecule has 0 spiro atoms. The average molecular weight is 525 g/mol. The second kappa shape index (κ2) is 10.7. The van der Waals surface area contributed by atoms with Gasteiger partial charge in [-0.3, -0.25) is 9.59 Å². The lowest BCUT2D eigenvalue weighted by Crippen LogP contribution is -2.12. The molecule has 0 fully saturated rings. The molecule has 0 saturated carbocycles. The molecule has 0 amide bonds. The summed E-state index contributed by atoms with van der Waals surface area (Å²) >= 11 is 0. The van der Waals surface area contributed by atoms with E-state index in [1.54, 1.807) is 0 Å². The average Bonchev–Trinajstić information content (AvgIpc) is 3.00. The number of fused-ring (bicyclic) bond motifs is 3. The van der Waals surface area contributed by atoms with Crippen LogP contribution in [-0.2, 0) is 0 Å². The summed E-state index contributed by atoms with van der Waals surface area (Å²) in [5, 5.41) is 4.92. The van der Waals surface area contributed by atoms with Crippen molar-refractivity contribution in [3.63, 3.8) is 0 Å². The number of carbonyl (C=O) groups is 2. The van der Waals surface area contributed by atoms with Crippen LogP contribution in [0.1, 0.15) is 45.7 Å². The maximum Gasteiger partial charge on any atom is 0.198 e. The van der Waals surface area contributed by atoms with Gasteiger partial charge in [0.1, 0.15) is 11.5 Å². The summed E-state index contributed by atoms with van der Waals surface area (Å²) < 4.78 is 12.1. The molecule has 0 saturated heterocycles. The Labute approximate surface area is 232 Å². The first-order valence-corrected chi connectivity index (χ1v) is 13.5. The molecule has 0 N–H and O–H groups in total. The Bertz CT molecular complexity index is 1770. The van der Waals surface area contributed by atoms with Gasteiger partial charge in [-0.15, -0.1) is 0 Å². The highest BCUT2D eigenvalue weighted by Crippen LogP contribution is 2.39. The van der Waals surface area contributed by atoms with Gasteiger partial charge in [-0.2, -0.15) is 0 Å². The van der Waals surface area contributed by atoms with E-state index in [0.29, 0.717) is 52.4 Å². The first-order chi connectivity index (χ1) is 19.6. The van der Waals surface area contributed by atoms with Gasteiger partial charge in [-0.1, -0.05) is 97.1 Å². The van der Waals surface area contributed by atoms with E-state index in [9.17, 15) is 9.59 Å². The Morgan fingerprint density at radius 1 is 0.500 bits per heavy atom. The zero-order valence-electron chi connectivity index (χ0n) is 22.4. The first kappa shape index (κ1) is 25.3. The molecule has 0 aliphatic heterocycles. The van der Waals surface area contributed by atoms with Crippen LogP contribution in [0.4, 0.5) is 0 Å². The molecule has 6 aromatic rings. The number of benzene rings is 6. The largest absolute Gasteiger partial charge is 0.493 e. The molecule has 0 atom stereocenters. The van der Waals surface area contributed by atoms with Crippen molar-refractivity contribution in [2.24, 2.45) is 0 Å². The van der Waals surface area contributed by atoms with Crippen molar-refractivity contribution < 1.29 is 19.1 Å². The normalized spacial score (nSPS) is 11.2.